The van der Waals surface area contributed by atoms with Gasteiger partial charge in [0, 0.05) is 13.1 Å². The molecule has 2 aliphatic carbocycles. The smallest absolute Gasteiger partial charge is 0.350 e. The van der Waals surface area contributed by atoms with E-state index in [9.17, 15) is 4.79 Å². The first-order valence-corrected chi connectivity index (χ1v) is 11.0. The maximum atomic E-state index is 12.0. The minimum absolute atomic E-state index is 0. The summed E-state index contributed by atoms with van der Waals surface area (Å²) in [5, 5.41) is 7.87. The molecule has 0 bridgehead atoms. The highest BCUT2D eigenvalue weighted by atomic mass is 127. The Balaban J connectivity index is 0.00000280. The number of halogens is 1. The lowest BCUT2D eigenvalue weighted by Crippen LogP contribution is -2.40. The molecule has 2 aliphatic rings. The Morgan fingerprint density at radius 1 is 1.36 bits per heavy atom. The van der Waals surface area contributed by atoms with Crippen LogP contribution in [-0.4, -0.2) is 36.6 Å². The molecule has 0 spiro atoms. The highest BCUT2D eigenvalue weighted by Gasteiger charge is 2.43. The van der Waals surface area contributed by atoms with Gasteiger partial charge >= 0.3 is 5.97 Å². The maximum Gasteiger partial charge on any atom is 0.350 e. The summed E-state index contributed by atoms with van der Waals surface area (Å²) < 4.78 is 5.11. The number of nitrogens with zero attached hydrogens (tertiary/aromatic N) is 2. The number of carbonyl (C=O) groups excluding carboxylic acids is 1. The lowest BCUT2D eigenvalue weighted by molar-refractivity contribution is 0.0531. The predicted octanol–water partition coefficient (Wildman–Crippen LogP) is 4.44. The number of nitrogens with one attached hydrogen (secondary N) is 2. The average Bonchev–Trinajstić information content (AvgIpc) is 3.33. The van der Waals surface area contributed by atoms with Crippen LogP contribution in [-0.2, 0) is 4.74 Å². The molecule has 1 aromatic heterocycles. The number of hydrogen-bond acceptors (Lipinski definition) is 5. The van der Waals surface area contributed by atoms with Gasteiger partial charge in [0.05, 0.1) is 18.3 Å². The molecule has 8 heteroatoms. The van der Waals surface area contributed by atoms with Crippen molar-refractivity contribution in [1.29, 1.82) is 0 Å². The lowest BCUT2D eigenvalue weighted by atomic mass is 9.85. The number of aryl methyl sites for hydroxylation is 1. The van der Waals surface area contributed by atoms with Gasteiger partial charge in [0.1, 0.15) is 9.88 Å². The van der Waals surface area contributed by atoms with E-state index in [1.165, 1.54) is 49.9 Å². The zero-order chi connectivity index (χ0) is 19.4. The fourth-order valence-corrected chi connectivity index (χ4v) is 5.03. The number of hydrogen-bond donors (Lipinski definition) is 2. The predicted molar refractivity (Wildman–Crippen MR) is 125 cm³/mol. The second-order valence-electron chi connectivity index (χ2n) is 7.67. The highest BCUT2D eigenvalue weighted by Crippen LogP contribution is 2.44. The van der Waals surface area contributed by atoms with E-state index in [-0.39, 0.29) is 36.0 Å². The number of aromatic nitrogens is 1. The van der Waals surface area contributed by atoms with Crippen LogP contribution in [0.15, 0.2) is 4.99 Å². The van der Waals surface area contributed by atoms with Crippen molar-refractivity contribution in [2.45, 2.75) is 71.4 Å². The summed E-state index contributed by atoms with van der Waals surface area (Å²) in [5.74, 6) is 2.22. The Kier molecular flexibility index (Phi) is 8.98. The summed E-state index contributed by atoms with van der Waals surface area (Å²) in [6.07, 6.45) is 8.22. The van der Waals surface area contributed by atoms with E-state index >= 15 is 0 Å². The lowest BCUT2D eigenvalue weighted by Gasteiger charge is -2.22. The molecule has 158 valence electrons. The van der Waals surface area contributed by atoms with Crippen LogP contribution in [0.4, 0.5) is 0 Å². The third-order valence-electron chi connectivity index (χ3n) is 5.64. The van der Waals surface area contributed by atoms with Crippen LogP contribution in [0.25, 0.3) is 0 Å². The Bertz CT molecular complexity index is 688. The molecule has 3 unspecified atom stereocenters. The molecule has 3 rings (SSSR count). The summed E-state index contributed by atoms with van der Waals surface area (Å²) in [4.78, 5) is 21.5. The van der Waals surface area contributed by atoms with Crippen molar-refractivity contribution in [3.63, 3.8) is 0 Å². The Hall–Kier alpha value is -0.900. The monoisotopic (exact) mass is 520 g/mol. The van der Waals surface area contributed by atoms with Crippen LogP contribution in [0, 0.1) is 18.8 Å². The number of esters is 1. The van der Waals surface area contributed by atoms with Gasteiger partial charge in [-0.05, 0) is 39.0 Å². The van der Waals surface area contributed by atoms with Crippen molar-refractivity contribution in [3.05, 3.63) is 15.6 Å². The van der Waals surface area contributed by atoms with Crippen molar-refractivity contribution in [2.75, 3.05) is 13.7 Å². The van der Waals surface area contributed by atoms with E-state index in [0.717, 1.165) is 28.5 Å². The quantitative estimate of drug-likeness (QED) is 0.251. The summed E-state index contributed by atoms with van der Waals surface area (Å²) in [6, 6.07) is 0.523. The second kappa shape index (κ2) is 10.8. The maximum absolute atomic E-state index is 12.0. The highest BCUT2D eigenvalue weighted by molar-refractivity contribution is 14.0. The van der Waals surface area contributed by atoms with Gasteiger partial charge in [0.25, 0.3) is 0 Å². The van der Waals surface area contributed by atoms with Gasteiger partial charge in [0.15, 0.2) is 5.96 Å². The molecule has 0 saturated heterocycles. The van der Waals surface area contributed by atoms with Crippen molar-refractivity contribution in [1.82, 2.24) is 15.6 Å². The van der Waals surface area contributed by atoms with E-state index in [1.54, 1.807) is 7.05 Å². The Labute approximate surface area is 189 Å². The Morgan fingerprint density at radius 2 is 2.07 bits per heavy atom. The summed E-state index contributed by atoms with van der Waals surface area (Å²) in [5.41, 5.74) is 0.726. The molecular formula is C20H33IN4O2S. The molecule has 1 aromatic rings. The topological polar surface area (TPSA) is 75.6 Å². The molecule has 0 amide bonds. The number of rotatable bonds is 6. The van der Waals surface area contributed by atoms with Crippen LogP contribution < -0.4 is 10.6 Å². The molecular weight excluding hydrogens is 487 g/mol. The van der Waals surface area contributed by atoms with E-state index in [0.29, 0.717) is 17.5 Å². The fraction of sp³-hybridized carbons (Fsp3) is 0.750. The molecule has 2 saturated carbocycles. The van der Waals surface area contributed by atoms with Crippen molar-refractivity contribution < 1.29 is 9.53 Å². The van der Waals surface area contributed by atoms with E-state index in [4.69, 9.17) is 4.74 Å². The number of carbonyl (C=O) groups is 1. The van der Waals surface area contributed by atoms with Gasteiger partial charge in [-0.25, -0.2) is 9.78 Å². The van der Waals surface area contributed by atoms with E-state index in [1.807, 2.05) is 20.8 Å². The number of thiazole rings is 1. The zero-order valence-corrected chi connectivity index (χ0v) is 20.4. The average molecular weight is 520 g/mol. The first-order chi connectivity index (χ1) is 13.0. The fourth-order valence-electron chi connectivity index (χ4n) is 4.07. The molecule has 0 radical (unpaired) electrons. The van der Waals surface area contributed by atoms with Gasteiger partial charge in [-0.15, -0.1) is 35.3 Å². The van der Waals surface area contributed by atoms with Crippen molar-refractivity contribution >= 4 is 47.2 Å². The molecule has 2 fully saturated rings. The number of guanidine groups is 1. The van der Waals surface area contributed by atoms with Crippen LogP contribution in [0.2, 0.25) is 0 Å². The molecule has 0 aromatic carbocycles. The summed E-state index contributed by atoms with van der Waals surface area (Å²) in [6.45, 7) is 6.09. The molecule has 1 heterocycles. The molecule has 2 N–H and O–H groups in total. The standard InChI is InChI=1S/C20H32N4O2S.HI/c1-5-26-19(25)17-12(2)22-18(27-17)13(3)23-20(21-4)24-16-11-15(16)14-9-7-6-8-10-14;/h13-16H,5-11H2,1-4H3,(H2,21,23,24);1H. The van der Waals surface area contributed by atoms with Crippen LogP contribution >= 0.6 is 35.3 Å². The number of ether oxygens (including phenoxy) is 1. The first kappa shape index (κ1) is 23.4. The first-order valence-electron chi connectivity index (χ1n) is 10.2. The molecule has 0 aliphatic heterocycles. The van der Waals surface area contributed by atoms with Crippen molar-refractivity contribution in [2.24, 2.45) is 16.8 Å². The third-order valence-corrected chi connectivity index (χ3v) is 6.96. The SMILES string of the molecule is CCOC(=O)c1sc(C(C)NC(=NC)NC2CC2C2CCCCC2)nc1C.I. The zero-order valence-electron chi connectivity index (χ0n) is 17.3. The number of aliphatic imine (C=N–C) groups is 1. The Morgan fingerprint density at radius 3 is 2.71 bits per heavy atom. The molecule has 3 atom stereocenters. The van der Waals surface area contributed by atoms with Crippen LogP contribution in [0.5, 0.6) is 0 Å². The normalized spacial score (nSPS) is 23.5. The van der Waals surface area contributed by atoms with E-state index < -0.39 is 0 Å². The van der Waals surface area contributed by atoms with Crippen LogP contribution in [0.3, 0.4) is 0 Å². The summed E-state index contributed by atoms with van der Waals surface area (Å²) >= 11 is 1.39. The van der Waals surface area contributed by atoms with Gasteiger partial charge in [0.2, 0.25) is 0 Å². The van der Waals surface area contributed by atoms with Gasteiger partial charge < -0.3 is 15.4 Å². The minimum Gasteiger partial charge on any atom is -0.462 e. The van der Waals surface area contributed by atoms with Crippen molar-refractivity contribution in [3.8, 4) is 0 Å². The second-order valence-corrected chi connectivity index (χ2v) is 8.70. The van der Waals surface area contributed by atoms with Gasteiger partial charge in [-0.2, -0.15) is 0 Å². The third kappa shape index (κ3) is 5.81. The minimum atomic E-state index is -0.290. The molecule has 28 heavy (non-hydrogen) atoms. The van der Waals surface area contributed by atoms with Gasteiger partial charge in [-0.3, -0.25) is 4.99 Å². The molecule has 6 nitrogen and oxygen atoms in total. The van der Waals surface area contributed by atoms with E-state index in [2.05, 4.69) is 20.6 Å². The van der Waals surface area contributed by atoms with Crippen LogP contribution in [0.1, 0.15) is 78.8 Å². The van der Waals surface area contributed by atoms with Gasteiger partial charge in [-0.1, -0.05) is 32.1 Å². The largest absolute Gasteiger partial charge is 0.462 e. The summed E-state index contributed by atoms with van der Waals surface area (Å²) in [7, 11) is 1.80.